The highest BCUT2D eigenvalue weighted by Gasteiger charge is 2.14. The fourth-order valence-corrected chi connectivity index (χ4v) is 3.56. The van der Waals surface area contributed by atoms with Gasteiger partial charge in [-0.3, -0.25) is 0 Å². The smallest absolute Gasteiger partial charge is 0.0169 e. The molecule has 1 heterocycles. The van der Waals surface area contributed by atoms with Crippen molar-refractivity contribution in [3.63, 3.8) is 0 Å². The molecule has 1 N–H and O–H groups in total. The molecular formula is C15H23NS2. The molecule has 1 unspecified atom stereocenters. The van der Waals surface area contributed by atoms with E-state index in [4.69, 9.17) is 0 Å². The maximum Gasteiger partial charge on any atom is 0.0169 e. The molecule has 1 aliphatic heterocycles. The summed E-state index contributed by atoms with van der Waals surface area (Å²) in [6, 6.07) is 0. The molecule has 0 saturated carbocycles. The van der Waals surface area contributed by atoms with Gasteiger partial charge in [0.25, 0.3) is 0 Å². The maximum atomic E-state index is 4.12. The first-order valence-electron chi connectivity index (χ1n) is 6.33. The zero-order valence-corrected chi connectivity index (χ0v) is 13.4. The van der Waals surface area contributed by atoms with Gasteiger partial charge in [-0.25, -0.2) is 0 Å². The highest BCUT2D eigenvalue weighted by molar-refractivity contribution is 8.07. The third-order valence-corrected chi connectivity index (χ3v) is 5.00. The van der Waals surface area contributed by atoms with Gasteiger partial charge in [-0.15, -0.1) is 11.8 Å². The summed E-state index contributed by atoms with van der Waals surface area (Å²) in [4.78, 5) is 2.53. The Kier molecular flexibility index (Phi) is 6.72. The number of thioether (sulfide) groups is 2. The second-order valence-corrected chi connectivity index (χ2v) is 6.50. The lowest BCUT2D eigenvalue weighted by Crippen LogP contribution is -2.03. The molecule has 0 saturated heterocycles. The molecule has 1 atom stereocenters. The molecule has 0 aliphatic carbocycles. The largest absolute Gasteiger partial charge is 0.391 e. The Morgan fingerprint density at radius 2 is 2.39 bits per heavy atom. The van der Waals surface area contributed by atoms with E-state index in [0.29, 0.717) is 5.92 Å². The second kappa shape index (κ2) is 7.80. The van der Waals surface area contributed by atoms with Gasteiger partial charge < -0.3 is 5.32 Å². The standard InChI is InChI=1S/C15H23NS2/c1-6-14(16-5)10-17-13(4)8-15-12(3)7-11(2)9-18-15/h8-10,12,16H,4,6-7H2,1-3,5H3. The molecule has 1 nitrogen and oxygen atoms in total. The van der Waals surface area contributed by atoms with E-state index in [1.165, 1.54) is 22.6 Å². The van der Waals surface area contributed by atoms with Crippen LogP contribution in [0.25, 0.3) is 0 Å². The molecule has 0 bridgehead atoms. The Balaban J connectivity index is 2.61. The number of allylic oxidation sites excluding steroid dienone is 4. The Bertz CT molecular complexity index is 385. The van der Waals surface area contributed by atoms with Crippen LogP contribution >= 0.6 is 23.5 Å². The molecule has 0 aromatic heterocycles. The summed E-state index contributed by atoms with van der Waals surface area (Å²) in [5, 5.41) is 7.60. The van der Waals surface area contributed by atoms with Crippen molar-refractivity contribution < 1.29 is 0 Å². The highest BCUT2D eigenvalue weighted by Crippen LogP contribution is 2.37. The fourth-order valence-electron chi connectivity index (χ4n) is 1.75. The van der Waals surface area contributed by atoms with E-state index < -0.39 is 0 Å². The summed E-state index contributed by atoms with van der Waals surface area (Å²) < 4.78 is 0. The van der Waals surface area contributed by atoms with Gasteiger partial charge in [0, 0.05) is 17.6 Å². The quantitative estimate of drug-likeness (QED) is 0.737. The lowest BCUT2D eigenvalue weighted by Gasteiger charge is -2.20. The SMILES string of the molecule is C=C(C=C1SC=C(C)CC1C)SC=C(CC)NC. The molecule has 0 radical (unpaired) electrons. The minimum atomic E-state index is 0.622. The van der Waals surface area contributed by atoms with Crippen LogP contribution in [0.5, 0.6) is 0 Å². The van der Waals surface area contributed by atoms with Crippen molar-refractivity contribution in [1.29, 1.82) is 0 Å². The molecule has 1 aliphatic rings. The summed E-state index contributed by atoms with van der Waals surface area (Å²) in [6.07, 6.45) is 4.42. The van der Waals surface area contributed by atoms with E-state index in [1.807, 2.05) is 18.8 Å². The van der Waals surface area contributed by atoms with Gasteiger partial charge >= 0.3 is 0 Å². The molecule has 18 heavy (non-hydrogen) atoms. The third-order valence-electron chi connectivity index (χ3n) is 2.87. The number of hydrogen-bond acceptors (Lipinski definition) is 3. The lowest BCUT2D eigenvalue weighted by molar-refractivity contribution is 0.702. The zero-order valence-electron chi connectivity index (χ0n) is 11.7. The second-order valence-electron chi connectivity index (χ2n) is 4.56. The minimum Gasteiger partial charge on any atom is -0.391 e. The maximum absolute atomic E-state index is 4.12. The van der Waals surface area contributed by atoms with Crippen molar-refractivity contribution in [2.45, 2.75) is 33.6 Å². The minimum absolute atomic E-state index is 0.622. The van der Waals surface area contributed by atoms with Crippen molar-refractivity contribution in [1.82, 2.24) is 5.32 Å². The average Bonchev–Trinajstić information content (AvgIpc) is 2.34. The molecule has 0 amide bonds. The number of hydrogen-bond donors (Lipinski definition) is 1. The molecule has 0 aromatic rings. The first-order chi connectivity index (χ1) is 8.56. The summed E-state index contributed by atoms with van der Waals surface area (Å²) in [5.74, 6) is 0.622. The van der Waals surface area contributed by atoms with Crippen LogP contribution in [0.3, 0.4) is 0 Å². The Labute approximate surface area is 120 Å². The van der Waals surface area contributed by atoms with Crippen LogP contribution in [-0.2, 0) is 0 Å². The monoisotopic (exact) mass is 281 g/mol. The average molecular weight is 281 g/mol. The van der Waals surface area contributed by atoms with Crippen molar-refractivity contribution in [3.8, 4) is 0 Å². The van der Waals surface area contributed by atoms with Crippen LogP contribution in [0.1, 0.15) is 33.6 Å². The molecule has 0 fully saturated rings. The van der Waals surface area contributed by atoms with Crippen molar-refractivity contribution in [2.24, 2.45) is 5.92 Å². The van der Waals surface area contributed by atoms with E-state index in [0.717, 1.165) is 11.3 Å². The molecule has 0 spiro atoms. The summed E-state index contributed by atoms with van der Waals surface area (Å²) in [7, 11) is 1.96. The van der Waals surface area contributed by atoms with E-state index >= 15 is 0 Å². The molecule has 3 heteroatoms. The summed E-state index contributed by atoms with van der Waals surface area (Å²) in [6.45, 7) is 10.8. The third kappa shape index (κ3) is 4.99. The molecule has 100 valence electrons. The van der Waals surface area contributed by atoms with Crippen molar-refractivity contribution in [2.75, 3.05) is 7.05 Å². The fraction of sp³-hybridized carbons (Fsp3) is 0.467. The Morgan fingerprint density at radius 1 is 1.67 bits per heavy atom. The van der Waals surface area contributed by atoms with E-state index in [2.05, 4.69) is 49.6 Å². The Hall–Kier alpha value is -0.540. The van der Waals surface area contributed by atoms with E-state index in [9.17, 15) is 0 Å². The van der Waals surface area contributed by atoms with Crippen molar-refractivity contribution >= 4 is 23.5 Å². The van der Waals surface area contributed by atoms with Gasteiger partial charge in [0.05, 0.1) is 0 Å². The van der Waals surface area contributed by atoms with Gasteiger partial charge in [0.15, 0.2) is 0 Å². The van der Waals surface area contributed by atoms with Crippen LogP contribution in [0.4, 0.5) is 0 Å². The zero-order chi connectivity index (χ0) is 13.5. The molecule has 1 rings (SSSR count). The van der Waals surface area contributed by atoms with Crippen LogP contribution in [0.2, 0.25) is 0 Å². The normalized spacial score (nSPS) is 22.9. The predicted octanol–water partition coefficient (Wildman–Crippen LogP) is 5.26. The van der Waals surface area contributed by atoms with Crippen LogP contribution in [0.15, 0.2) is 44.6 Å². The number of nitrogens with one attached hydrogen (secondary N) is 1. The van der Waals surface area contributed by atoms with Gasteiger partial charge in [0.2, 0.25) is 0 Å². The van der Waals surface area contributed by atoms with Crippen LogP contribution < -0.4 is 5.32 Å². The molecule has 0 aromatic carbocycles. The van der Waals surface area contributed by atoms with Crippen molar-refractivity contribution in [3.05, 3.63) is 44.6 Å². The van der Waals surface area contributed by atoms with Gasteiger partial charge in [-0.2, -0.15) is 0 Å². The topological polar surface area (TPSA) is 12.0 Å². The van der Waals surface area contributed by atoms with E-state index in [1.54, 1.807) is 11.8 Å². The van der Waals surface area contributed by atoms with E-state index in [-0.39, 0.29) is 0 Å². The highest BCUT2D eigenvalue weighted by atomic mass is 32.2. The van der Waals surface area contributed by atoms with Gasteiger partial charge in [-0.05, 0) is 47.5 Å². The first-order valence-corrected chi connectivity index (χ1v) is 8.09. The number of rotatable bonds is 5. The summed E-state index contributed by atoms with van der Waals surface area (Å²) >= 11 is 3.54. The molecular weight excluding hydrogens is 258 g/mol. The van der Waals surface area contributed by atoms with Gasteiger partial charge in [-0.1, -0.05) is 37.8 Å². The van der Waals surface area contributed by atoms with Gasteiger partial charge in [0.1, 0.15) is 0 Å². The lowest BCUT2D eigenvalue weighted by atomic mass is 10.0. The summed E-state index contributed by atoms with van der Waals surface area (Å²) in [5.41, 5.74) is 2.73. The first kappa shape index (κ1) is 15.5. The van der Waals surface area contributed by atoms with Crippen LogP contribution in [0, 0.1) is 5.92 Å². The Morgan fingerprint density at radius 3 is 2.94 bits per heavy atom. The van der Waals surface area contributed by atoms with Crippen LogP contribution in [-0.4, -0.2) is 7.05 Å². The predicted molar refractivity (Wildman–Crippen MR) is 87.4 cm³/mol.